The number of carbonyl (C=O) groups is 1. The molecule has 0 radical (unpaired) electrons. The van der Waals surface area contributed by atoms with E-state index in [2.05, 4.69) is 29.4 Å². The van der Waals surface area contributed by atoms with Crippen LogP contribution in [0.5, 0.6) is 0 Å². The van der Waals surface area contributed by atoms with Crippen molar-refractivity contribution in [2.75, 3.05) is 12.1 Å². The van der Waals surface area contributed by atoms with Crippen molar-refractivity contribution in [1.82, 2.24) is 0 Å². The predicted octanol–water partition coefficient (Wildman–Crippen LogP) is 5.34. The second-order valence-electron chi connectivity index (χ2n) is 6.69. The summed E-state index contributed by atoms with van der Waals surface area (Å²) in [4.78, 5) is 14.8. The van der Waals surface area contributed by atoms with Crippen LogP contribution in [-0.4, -0.2) is 23.4 Å². The van der Waals surface area contributed by atoms with Gasteiger partial charge in [-0.1, -0.05) is 69.2 Å². The number of aldehydes is 1. The molecule has 0 heterocycles. The summed E-state index contributed by atoms with van der Waals surface area (Å²) in [6, 6.07) is 18.0. The van der Waals surface area contributed by atoms with Crippen LogP contribution in [-0.2, 0) is 16.1 Å². The Bertz CT molecular complexity index is 648. The molecule has 2 aromatic carbocycles. The van der Waals surface area contributed by atoms with Gasteiger partial charge in [0, 0.05) is 0 Å². The number of unbranched alkanes of at least 4 members (excludes halogenated alkanes) is 1. The van der Waals surface area contributed by atoms with Crippen LogP contribution in [0.1, 0.15) is 50.7 Å². The Morgan fingerprint density at radius 2 is 1.78 bits per heavy atom. The molecule has 0 spiro atoms. The first-order valence-corrected chi connectivity index (χ1v) is 9.38. The number of carbonyl (C=O) groups excluding carboxylic acids is 1. The summed E-state index contributed by atoms with van der Waals surface area (Å²) >= 11 is 0. The molecule has 0 aliphatic carbocycles. The van der Waals surface area contributed by atoms with E-state index in [1.54, 1.807) is 0 Å². The first-order valence-electron chi connectivity index (χ1n) is 9.38. The van der Waals surface area contributed by atoms with Crippen LogP contribution in [0.4, 0.5) is 5.69 Å². The lowest BCUT2D eigenvalue weighted by Gasteiger charge is -2.24. The molecule has 3 N–H and O–H groups in total. The molecule has 0 fully saturated rings. The van der Waals surface area contributed by atoms with Gasteiger partial charge in [-0.2, -0.15) is 0 Å². The second kappa shape index (κ2) is 13.0. The Morgan fingerprint density at radius 1 is 1.07 bits per heavy atom. The Hall–Kier alpha value is -2.21. The lowest BCUT2D eigenvalue weighted by molar-refractivity contribution is -0.260. The highest BCUT2D eigenvalue weighted by Gasteiger charge is 2.27. The van der Waals surface area contributed by atoms with Crippen LogP contribution in [0.25, 0.3) is 0 Å². The van der Waals surface area contributed by atoms with Gasteiger partial charge in [-0.3, -0.25) is 15.9 Å². The van der Waals surface area contributed by atoms with Crippen molar-refractivity contribution in [3.05, 3.63) is 65.7 Å². The number of hydrogen-bond donors (Lipinski definition) is 3. The number of nitrogens with one attached hydrogen (secondary N) is 1. The number of rotatable bonds is 10. The van der Waals surface area contributed by atoms with E-state index in [1.807, 2.05) is 49.4 Å². The van der Waals surface area contributed by atoms with Gasteiger partial charge in [-0.25, -0.2) is 4.89 Å². The minimum Gasteiger partial charge on any atom is -0.303 e. The second-order valence-corrected chi connectivity index (χ2v) is 6.69. The molecular formula is C22H31NO4. The highest BCUT2D eigenvalue weighted by molar-refractivity contribution is 5.59. The van der Waals surface area contributed by atoms with Crippen molar-refractivity contribution in [2.45, 2.75) is 46.0 Å². The van der Waals surface area contributed by atoms with Gasteiger partial charge in [0.25, 0.3) is 0 Å². The van der Waals surface area contributed by atoms with Crippen LogP contribution < -0.4 is 5.48 Å². The Balaban J connectivity index is 0.000000279. The van der Waals surface area contributed by atoms with Crippen molar-refractivity contribution in [2.24, 2.45) is 5.41 Å². The summed E-state index contributed by atoms with van der Waals surface area (Å²) in [5.74, 6) is 0. The van der Waals surface area contributed by atoms with Gasteiger partial charge < -0.3 is 4.79 Å². The fraction of sp³-hybridized carbons (Fsp3) is 0.409. The van der Waals surface area contributed by atoms with E-state index in [0.717, 1.165) is 44.1 Å². The molecule has 5 heteroatoms. The Morgan fingerprint density at radius 3 is 2.33 bits per heavy atom. The molecule has 0 bridgehead atoms. The van der Waals surface area contributed by atoms with E-state index in [4.69, 9.17) is 10.5 Å². The van der Waals surface area contributed by atoms with Gasteiger partial charge in [-0.05, 0) is 42.5 Å². The van der Waals surface area contributed by atoms with Crippen LogP contribution in [0.15, 0.2) is 54.6 Å². The molecule has 2 rings (SSSR count). The van der Waals surface area contributed by atoms with Crippen molar-refractivity contribution in [1.29, 1.82) is 0 Å². The van der Waals surface area contributed by atoms with Gasteiger partial charge >= 0.3 is 0 Å². The highest BCUT2D eigenvalue weighted by atomic mass is 17.1. The highest BCUT2D eigenvalue weighted by Crippen LogP contribution is 2.26. The molecule has 2 aromatic rings. The molecule has 5 nitrogen and oxygen atoms in total. The van der Waals surface area contributed by atoms with Crippen LogP contribution in [0, 0.1) is 5.41 Å². The van der Waals surface area contributed by atoms with Crippen LogP contribution in [0.3, 0.4) is 0 Å². The number of benzene rings is 2. The minimum absolute atomic E-state index is 0.118. The van der Waals surface area contributed by atoms with E-state index in [0.29, 0.717) is 0 Å². The predicted molar refractivity (Wildman–Crippen MR) is 108 cm³/mol. The third-order valence-electron chi connectivity index (χ3n) is 4.64. The van der Waals surface area contributed by atoms with E-state index < -0.39 is 5.41 Å². The van der Waals surface area contributed by atoms with Crippen LogP contribution in [0.2, 0.25) is 0 Å². The third kappa shape index (κ3) is 8.35. The molecule has 0 aliphatic heterocycles. The minimum atomic E-state index is -0.467. The lowest BCUT2D eigenvalue weighted by Crippen LogP contribution is -2.27. The summed E-state index contributed by atoms with van der Waals surface area (Å²) in [7, 11) is 0. The third-order valence-corrected chi connectivity index (χ3v) is 4.64. The maximum Gasteiger partial charge on any atom is 0.128 e. The molecule has 1 unspecified atom stereocenters. The summed E-state index contributed by atoms with van der Waals surface area (Å²) in [5, 5.41) is 17.1. The van der Waals surface area contributed by atoms with Gasteiger partial charge in [0.1, 0.15) is 6.29 Å². The van der Waals surface area contributed by atoms with Crippen molar-refractivity contribution in [3.63, 3.8) is 0 Å². The summed E-state index contributed by atoms with van der Waals surface area (Å²) in [5.41, 5.74) is 4.86. The van der Waals surface area contributed by atoms with Gasteiger partial charge in [0.05, 0.1) is 17.7 Å². The van der Waals surface area contributed by atoms with E-state index in [1.165, 1.54) is 11.1 Å². The summed E-state index contributed by atoms with van der Waals surface area (Å²) < 4.78 is 0. The molecule has 27 heavy (non-hydrogen) atoms. The SMILES string of the molecule is CCCCC(C=O)(CC)COO.ONc1cccc(Cc2ccccc2)c1. The molecule has 0 saturated heterocycles. The smallest absolute Gasteiger partial charge is 0.128 e. The molecule has 0 saturated carbocycles. The normalized spacial score (nSPS) is 12.4. The van der Waals surface area contributed by atoms with E-state index in [-0.39, 0.29) is 6.61 Å². The lowest BCUT2D eigenvalue weighted by atomic mass is 9.83. The van der Waals surface area contributed by atoms with Gasteiger partial charge in [0.15, 0.2) is 0 Å². The van der Waals surface area contributed by atoms with E-state index >= 15 is 0 Å². The largest absolute Gasteiger partial charge is 0.303 e. The van der Waals surface area contributed by atoms with Crippen molar-refractivity contribution >= 4 is 12.0 Å². The zero-order valence-corrected chi connectivity index (χ0v) is 16.2. The molecule has 148 valence electrons. The molecule has 1 atom stereocenters. The summed E-state index contributed by atoms with van der Waals surface area (Å²) in [6.07, 6.45) is 5.35. The summed E-state index contributed by atoms with van der Waals surface area (Å²) in [6.45, 7) is 4.13. The average Bonchev–Trinajstić information content (AvgIpc) is 2.72. The number of anilines is 1. The monoisotopic (exact) mass is 373 g/mol. The first kappa shape index (κ1) is 22.8. The van der Waals surface area contributed by atoms with Gasteiger partial charge in [0.2, 0.25) is 0 Å². The Labute approximate surface area is 161 Å². The first-order chi connectivity index (χ1) is 13.1. The Kier molecular flexibility index (Phi) is 11.0. The van der Waals surface area contributed by atoms with Crippen molar-refractivity contribution in [3.8, 4) is 0 Å². The zero-order valence-electron chi connectivity index (χ0n) is 16.2. The molecular weight excluding hydrogens is 342 g/mol. The van der Waals surface area contributed by atoms with Gasteiger partial charge in [-0.15, -0.1) is 0 Å². The fourth-order valence-corrected chi connectivity index (χ4v) is 2.77. The topological polar surface area (TPSA) is 78.8 Å². The standard InChI is InChI=1S/C13H13NO.C9H18O3/c15-14-13-8-4-7-12(10-13)9-11-5-2-1-3-6-11;1-3-5-6-9(4-2,7-10)8-12-11/h1-8,10,14-15H,9H2;7,11H,3-6,8H2,1-2H3. The van der Waals surface area contributed by atoms with E-state index in [9.17, 15) is 4.79 Å². The molecule has 0 amide bonds. The maximum atomic E-state index is 10.8. The van der Waals surface area contributed by atoms with Crippen LogP contribution >= 0.6 is 0 Å². The number of hydrogen-bond acceptors (Lipinski definition) is 5. The molecule has 0 aliphatic rings. The fourth-order valence-electron chi connectivity index (χ4n) is 2.77. The molecule has 0 aromatic heterocycles. The zero-order chi connectivity index (χ0) is 20.0. The average molecular weight is 373 g/mol. The van der Waals surface area contributed by atoms with Crippen molar-refractivity contribution < 1.29 is 20.1 Å². The maximum absolute atomic E-state index is 10.8. The quantitative estimate of drug-likeness (QED) is 0.298.